The molecule has 0 atom stereocenters. The van der Waals surface area contributed by atoms with E-state index in [9.17, 15) is 14.4 Å². The van der Waals surface area contributed by atoms with Crippen LogP contribution in [0.3, 0.4) is 0 Å². The van der Waals surface area contributed by atoms with Gasteiger partial charge in [-0.05, 0) is 18.1 Å². The van der Waals surface area contributed by atoms with E-state index in [1.807, 2.05) is 43.3 Å². The number of rotatable bonds is 6. The van der Waals surface area contributed by atoms with Crippen LogP contribution in [0.2, 0.25) is 0 Å². The minimum Gasteiger partial charge on any atom is -0.324 e. The summed E-state index contributed by atoms with van der Waals surface area (Å²) in [5.41, 5.74) is 1.19. The molecule has 4 heterocycles. The number of imidazole rings is 1. The van der Waals surface area contributed by atoms with Gasteiger partial charge in [0.1, 0.15) is 10.5 Å². The number of hydrogen-bond donors (Lipinski definition) is 1. The zero-order chi connectivity index (χ0) is 23.1. The van der Waals surface area contributed by atoms with Crippen molar-refractivity contribution in [1.82, 2.24) is 28.7 Å². The van der Waals surface area contributed by atoms with Crippen LogP contribution in [0.1, 0.15) is 25.6 Å². The number of aryl methyl sites for hydroxylation is 2. The first-order valence-electron chi connectivity index (χ1n) is 10.7. The van der Waals surface area contributed by atoms with Crippen LogP contribution in [0.5, 0.6) is 0 Å². The maximum Gasteiger partial charge on any atom is 0.330 e. The van der Waals surface area contributed by atoms with E-state index < -0.39 is 11.2 Å². The number of nitrogens with zero attached hydrogens (tertiary/aromatic N) is 5. The van der Waals surface area contributed by atoms with Crippen molar-refractivity contribution in [3.8, 4) is 10.4 Å². The van der Waals surface area contributed by atoms with Gasteiger partial charge in [0.2, 0.25) is 0 Å². The lowest BCUT2D eigenvalue weighted by Gasteiger charge is -2.05. The summed E-state index contributed by atoms with van der Waals surface area (Å²) in [7, 11) is 1.71. The van der Waals surface area contributed by atoms with Crippen molar-refractivity contribution in [2.24, 2.45) is 7.05 Å². The molecule has 5 rings (SSSR count). The van der Waals surface area contributed by atoms with E-state index in [2.05, 4.69) is 15.0 Å². The Morgan fingerprint density at radius 2 is 1.91 bits per heavy atom. The average Bonchev–Trinajstić information content (AvgIpc) is 3.39. The number of aromatic amines is 1. The number of fused-ring (bicyclic) bond motifs is 2. The van der Waals surface area contributed by atoms with Crippen LogP contribution in [0.4, 0.5) is 0 Å². The smallest absolute Gasteiger partial charge is 0.324 e. The molecule has 0 bridgehead atoms. The van der Waals surface area contributed by atoms with Crippen molar-refractivity contribution in [1.29, 1.82) is 0 Å². The van der Waals surface area contributed by atoms with Crippen molar-refractivity contribution < 1.29 is 0 Å². The number of thiophene rings is 1. The molecular weight excluding hydrogens is 440 g/mol. The lowest BCUT2D eigenvalue weighted by atomic mass is 10.2. The van der Waals surface area contributed by atoms with Crippen molar-refractivity contribution >= 4 is 32.7 Å². The van der Waals surface area contributed by atoms with E-state index in [-0.39, 0.29) is 12.1 Å². The fourth-order valence-corrected chi connectivity index (χ4v) is 4.98. The summed E-state index contributed by atoms with van der Waals surface area (Å²) >= 11 is 1.40. The van der Waals surface area contributed by atoms with Gasteiger partial charge in [-0.15, -0.1) is 11.3 Å². The number of benzene rings is 1. The van der Waals surface area contributed by atoms with E-state index in [1.165, 1.54) is 26.8 Å². The number of H-pyrrole nitrogens is 1. The van der Waals surface area contributed by atoms with Crippen molar-refractivity contribution in [2.45, 2.75) is 32.9 Å². The zero-order valence-electron chi connectivity index (χ0n) is 18.2. The molecule has 0 amide bonds. The molecule has 0 saturated heterocycles. The summed E-state index contributed by atoms with van der Waals surface area (Å²) in [6.07, 6.45) is 3.19. The molecule has 0 fully saturated rings. The Morgan fingerprint density at radius 3 is 2.67 bits per heavy atom. The van der Waals surface area contributed by atoms with Crippen molar-refractivity contribution in [2.75, 3.05) is 0 Å². The Bertz CT molecular complexity index is 1660. The number of hydrogen-bond acceptors (Lipinski definition) is 6. The molecule has 33 heavy (non-hydrogen) atoms. The minimum absolute atomic E-state index is 0.132. The van der Waals surface area contributed by atoms with Gasteiger partial charge in [0.25, 0.3) is 11.1 Å². The highest BCUT2D eigenvalue weighted by Gasteiger charge is 2.18. The molecule has 1 aromatic carbocycles. The van der Waals surface area contributed by atoms with E-state index in [0.717, 1.165) is 23.3 Å². The predicted molar refractivity (Wildman–Crippen MR) is 129 cm³/mol. The third kappa shape index (κ3) is 3.62. The Labute approximate surface area is 191 Å². The van der Waals surface area contributed by atoms with E-state index in [0.29, 0.717) is 33.7 Å². The summed E-state index contributed by atoms with van der Waals surface area (Å²) < 4.78 is 5.17. The van der Waals surface area contributed by atoms with Gasteiger partial charge in [0, 0.05) is 18.5 Å². The van der Waals surface area contributed by atoms with Crippen LogP contribution in [0, 0.1) is 0 Å². The highest BCUT2D eigenvalue weighted by atomic mass is 32.1. The van der Waals surface area contributed by atoms with Crippen molar-refractivity contribution in [3.05, 3.63) is 79.7 Å². The lowest BCUT2D eigenvalue weighted by Crippen LogP contribution is -2.31. The molecular formula is C23H22N6O3S. The fourth-order valence-electron chi connectivity index (χ4n) is 3.91. The molecule has 0 aliphatic rings. The number of unbranched alkanes of at least 4 members (excludes halogenated alkanes) is 1. The fraction of sp³-hybridized carbons (Fsp3) is 0.261. The van der Waals surface area contributed by atoms with Crippen LogP contribution >= 0.6 is 11.3 Å². The Hall–Kier alpha value is -3.79. The Balaban J connectivity index is 1.59. The Morgan fingerprint density at radius 1 is 1.12 bits per heavy atom. The predicted octanol–water partition coefficient (Wildman–Crippen LogP) is 2.71. The van der Waals surface area contributed by atoms with Gasteiger partial charge in [-0.2, -0.15) is 0 Å². The third-order valence-electron chi connectivity index (χ3n) is 5.71. The molecule has 168 valence electrons. The minimum atomic E-state index is -0.490. The normalized spacial score (nSPS) is 11.6. The molecule has 0 aliphatic heterocycles. The maximum absolute atomic E-state index is 13.2. The maximum atomic E-state index is 13.2. The molecule has 10 heteroatoms. The van der Waals surface area contributed by atoms with Gasteiger partial charge in [0.15, 0.2) is 11.2 Å². The van der Waals surface area contributed by atoms with Crippen LogP contribution in [-0.2, 0) is 20.1 Å². The lowest BCUT2D eigenvalue weighted by molar-refractivity contribution is 0.612. The molecule has 0 saturated carbocycles. The monoisotopic (exact) mass is 462 g/mol. The standard InChI is InChI=1S/C23H22N6O3S/c1-3-4-10-29-20-18(21(30)26-23(29)32)27(2)17(25-20)12-28-13-24-15-11-16(33-19(15)22(28)31)14-8-6-5-7-9-14/h5-9,11,13H,3-4,10,12H2,1-2H3,(H,26,30,32). The summed E-state index contributed by atoms with van der Waals surface area (Å²) in [6.45, 7) is 2.62. The highest BCUT2D eigenvalue weighted by molar-refractivity contribution is 7.22. The second-order valence-electron chi connectivity index (χ2n) is 7.89. The molecule has 0 spiro atoms. The van der Waals surface area contributed by atoms with Gasteiger partial charge in [-0.3, -0.25) is 23.7 Å². The summed E-state index contributed by atoms with van der Waals surface area (Å²) in [4.78, 5) is 50.4. The molecule has 0 radical (unpaired) electrons. The second kappa shape index (κ2) is 8.28. The van der Waals surface area contributed by atoms with Crippen LogP contribution < -0.4 is 16.8 Å². The quantitative estimate of drug-likeness (QED) is 0.417. The largest absolute Gasteiger partial charge is 0.330 e. The second-order valence-corrected chi connectivity index (χ2v) is 8.94. The first-order valence-corrected chi connectivity index (χ1v) is 11.5. The van der Waals surface area contributed by atoms with E-state index >= 15 is 0 Å². The highest BCUT2D eigenvalue weighted by Crippen LogP contribution is 2.30. The molecule has 1 N–H and O–H groups in total. The Kier molecular flexibility index (Phi) is 5.29. The molecule has 0 aliphatic carbocycles. The topological polar surface area (TPSA) is 108 Å². The first-order chi connectivity index (χ1) is 16.0. The number of aromatic nitrogens is 6. The van der Waals surface area contributed by atoms with Gasteiger partial charge in [-0.25, -0.2) is 14.8 Å². The third-order valence-corrected chi connectivity index (χ3v) is 6.88. The zero-order valence-corrected chi connectivity index (χ0v) is 19.1. The summed E-state index contributed by atoms with van der Waals surface area (Å²) in [5, 5.41) is 0. The summed E-state index contributed by atoms with van der Waals surface area (Å²) in [5.74, 6) is 0.495. The SMILES string of the molecule is CCCCn1c(=O)[nH]c(=O)c2c1nc(Cn1cnc3cc(-c4ccccc4)sc3c1=O)n2C. The van der Waals surface area contributed by atoms with Gasteiger partial charge >= 0.3 is 5.69 Å². The van der Waals surface area contributed by atoms with Gasteiger partial charge in [-0.1, -0.05) is 43.7 Å². The molecule has 9 nitrogen and oxygen atoms in total. The molecule has 4 aromatic heterocycles. The number of nitrogens with one attached hydrogen (secondary N) is 1. The average molecular weight is 463 g/mol. The van der Waals surface area contributed by atoms with E-state index in [1.54, 1.807) is 11.6 Å². The summed E-state index contributed by atoms with van der Waals surface area (Å²) in [6, 6.07) is 11.8. The van der Waals surface area contributed by atoms with Crippen molar-refractivity contribution in [3.63, 3.8) is 0 Å². The molecule has 0 unspecified atom stereocenters. The van der Waals surface area contributed by atoms with Crippen LogP contribution in [0.15, 0.2) is 57.1 Å². The molecule has 5 aromatic rings. The van der Waals surface area contributed by atoms with Crippen LogP contribution in [-0.4, -0.2) is 28.7 Å². The van der Waals surface area contributed by atoms with Crippen LogP contribution in [0.25, 0.3) is 31.8 Å². The van der Waals surface area contributed by atoms with E-state index in [4.69, 9.17) is 0 Å². The van der Waals surface area contributed by atoms with Gasteiger partial charge < -0.3 is 4.57 Å². The first kappa shape index (κ1) is 21.1. The van der Waals surface area contributed by atoms with Gasteiger partial charge in [0.05, 0.1) is 18.4 Å².